The van der Waals surface area contributed by atoms with Gasteiger partial charge >= 0.3 is 6.18 Å². The van der Waals surface area contributed by atoms with Gasteiger partial charge in [0.15, 0.2) is 6.10 Å². The van der Waals surface area contributed by atoms with Crippen molar-refractivity contribution in [2.45, 2.75) is 24.8 Å². The van der Waals surface area contributed by atoms with Crippen molar-refractivity contribution in [2.75, 3.05) is 14.2 Å². The average molecular weight is 238 g/mol. The standard InChI is InChI=1S/C10H13F3O3/c1-14-8(7-4-3-5-16-7)6-9(15-2)10(11,12)13/h3-5,8-9H,6H2,1-2H3. The Balaban J connectivity index is 2.69. The van der Waals surface area contributed by atoms with Crippen LogP contribution in [0.5, 0.6) is 0 Å². The molecule has 1 aromatic heterocycles. The minimum Gasteiger partial charge on any atom is -0.467 e. The molecule has 0 aliphatic heterocycles. The maximum atomic E-state index is 12.4. The van der Waals surface area contributed by atoms with Gasteiger partial charge in [-0.05, 0) is 12.1 Å². The zero-order valence-electron chi connectivity index (χ0n) is 8.95. The summed E-state index contributed by atoms with van der Waals surface area (Å²) in [6.07, 6.45) is -5.97. The van der Waals surface area contributed by atoms with Crippen LogP contribution >= 0.6 is 0 Å². The van der Waals surface area contributed by atoms with E-state index in [9.17, 15) is 13.2 Å². The van der Waals surface area contributed by atoms with Crippen LogP contribution in [0.15, 0.2) is 22.8 Å². The second-order valence-electron chi connectivity index (χ2n) is 3.24. The van der Waals surface area contributed by atoms with Gasteiger partial charge in [-0.1, -0.05) is 0 Å². The highest BCUT2D eigenvalue weighted by Gasteiger charge is 2.41. The quantitative estimate of drug-likeness (QED) is 0.790. The van der Waals surface area contributed by atoms with Crippen molar-refractivity contribution in [1.29, 1.82) is 0 Å². The van der Waals surface area contributed by atoms with Crippen LogP contribution in [0.1, 0.15) is 18.3 Å². The molecule has 0 N–H and O–H groups in total. The van der Waals surface area contributed by atoms with Gasteiger partial charge in [0.05, 0.1) is 6.26 Å². The van der Waals surface area contributed by atoms with Gasteiger partial charge in [-0.15, -0.1) is 0 Å². The summed E-state index contributed by atoms with van der Waals surface area (Å²) in [5.41, 5.74) is 0. The van der Waals surface area contributed by atoms with E-state index in [-0.39, 0.29) is 6.42 Å². The van der Waals surface area contributed by atoms with Gasteiger partial charge < -0.3 is 13.9 Å². The zero-order chi connectivity index (χ0) is 12.2. The van der Waals surface area contributed by atoms with E-state index in [0.29, 0.717) is 5.76 Å². The maximum Gasteiger partial charge on any atom is 0.414 e. The molecule has 92 valence electrons. The monoisotopic (exact) mass is 238 g/mol. The number of furan rings is 1. The van der Waals surface area contributed by atoms with E-state index in [4.69, 9.17) is 9.15 Å². The fraction of sp³-hybridized carbons (Fsp3) is 0.600. The van der Waals surface area contributed by atoms with Crippen LogP contribution in [0, 0.1) is 0 Å². The second-order valence-corrected chi connectivity index (χ2v) is 3.24. The lowest BCUT2D eigenvalue weighted by Gasteiger charge is -2.22. The molecule has 6 heteroatoms. The Hall–Kier alpha value is -1.01. The van der Waals surface area contributed by atoms with E-state index >= 15 is 0 Å². The topological polar surface area (TPSA) is 31.6 Å². The Kier molecular flexibility index (Phi) is 4.37. The van der Waals surface area contributed by atoms with Crippen molar-refractivity contribution in [3.8, 4) is 0 Å². The van der Waals surface area contributed by atoms with E-state index in [2.05, 4.69) is 4.74 Å². The molecule has 0 spiro atoms. The number of alkyl halides is 3. The van der Waals surface area contributed by atoms with E-state index in [1.54, 1.807) is 12.1 Å². The summed E-state index contributed by atoms with van der Waals surface area (Å²) < 4.78 is 51.7. The summed E-state index contributed by atoms with van der Waals surface area (Å²) in [4.78, 5) is 0. The molecule has 0 aromatic carbocycles. The molecule has 2 unspecified atom stereocenters. The lowest BCUT2D eigenvalue weighted by atomic mass is 10.1. The number of hydrogen-bond donors (Lipinski definition) is 0. The van der Waals surface area contributed by atoms with Crippen molar-refractivity contribution in [3.63, 3.8) is 0 Å². The normalized spacial score (nSPS) is 16.1. The number of halogens is 3. The molecule has 1 rings (SSSR count). The molecule has 0 saturated heterocycles. The van der Waals surface area contributed by atoms with E-state index < -0.39 is 18.4 Å². The number of hydrogen-bond acceptors (Lipinski definition) is 3. The molecule has 0 radical (unpaired) electrons. The van der Waals surface area contributed by atoms with Crippen LogP contribution in [-0.4, -0.2) is 26.5 Å². The van der Waals surface area contributed by atoms with Gasteiger partial charge in [-0.25, -0.2) is 0 Å². The summed E-state index contributed by atoms with van der Waals surface area (Å²) in [7, 11) is 2.35. The van der Waals surface area contributed by atoms with Gasteiger partial charge in [-0.3, -0.25) is 0 Å². The third kappa shape index (κ3) is 3.24. The van der Waals surface area contributed by atoms with Gasteiger partial charge in [0.2, 0.25) is 0 Å². The SMILES string of the molecule is COC(CC(OC)C(F)(F)F)c1ccco1. The van der Waals surface area contributed by atoms with Crippen LogP contribution in [0.2, 0.25) is 0 Å². The Labute approximate surface area is 91.1 Å². The molecule has 0 aliphatic carbocycles. The van der Waals surface area contributed by atoms with Crippen LogP contribution in [-0.2, 0) is 9.47 Å². The highest BCUT2D eigenvalue weighted by atomic mass is 19.4. The van der Waals surface area contributed by atoms with Crippen molar-refractivity contribution in [1.82, 2.24) is 0 Å². The molecule has 0 aliphatic rings. The van der Waals surface area contributed by atoms with Crippen molar-refractivity contribution in [3.05, 3.63) is 24.2 Å². The summed E-state index contributed by atoms with van der Waals surface area (Å²) in [5.74, 6) is 0.355. The molecule has 0 saturated carbocycles. The predicted octanol–water partition coefficient (Wildman–Crippen LogP) is 2.93. The average Bonchev–Trinajstić information content (AvgIpc) is 2.70. The Bertz CT molecular complexity index is 295. The van der Waals surface area contributed by atoms with Crippen LogP contribution in [0.4, 0.5) is 13.2 Å². The fourth-order valence-corrected chi connectivity index (χ4v) is 1.36. The summed E-state index contributed by atoms with van der Waals surface area (Å²) >= 11 is 0. The number of methoxy groups -OCH3 is 2. The molecule has 1 aromatic rings. The third-order valence-corrected chi connectivity index (χ3v) is 2.22. The van der Waals surface area contributed by atoms with E-state index in [1.807, 2.05) is 0 Å². The van der Waals surface area contributed by atoms with Gasteiger partial charge in [0.25, 0.3) is 0 Å². The van der Waals surface area contributed by atoms with Crippen molar-refractivity contribution in [2.24, 2.45) is 0 Å². The second kappa shape index (κ2) is 5.36. The smallest absolute Gasteiger partial charge is 0.414 e. The van der Waals surface area contributed by atoms with Gasteiger partial charge in [-0.2, -0.15) is 13.2 Å². The summed E-state index contributed by atoms with van der Waals surface area (Å²) in [6, 6.07) is 3.16. The minimum absolute atomic E-state index is 0.329. The Morgan fingerprint density at radius 2 is 2.00 bits per heavy atom. The highest BCUT2D eigenvalue weighted by Crippen LogP contribution is 2.31. The van der Waals surface area contributed by atoms with Crippen LogP contribution in [0.25, 0.3) is 0 Å². The largest absolute Gasteiger partial charge is 0.467 e. The van der Waals surface area contributed by atoms with Crippen molar-refractivity contribution < 1.29 is 27.1 Å². The van der Waals surface area contributed by atoms with Crippen molar-refractivity contribution >= 4 is 0 Å². The summed E-state index contributed by atoms with van der Waals surface area (Å²) in [6.45, 7) is 0. The molecule has 0 bridgehead atoms. The third-order valence-electron chi connectivity index (χ3n) is 2.22. The molecule has 2 atom stereocenters. The Morgan fingerprint density at radius 3 is 2.38 bits per heavy atom. The lowest BCUT2D eigenvalue weighted by Crippen LogP contribution is -2.32. The summed E-state index contributed by atoms with van der Waals surface area (Å²) in [5, 5.41) is 0. The molecule has 16 heavy (non-hydrogen) atoms. The first-order valence-electron chi connectivity index (χ1n) is 4.64. The number of ether oxygens (including phenoxy) is 2. The maximum absolute atomic E-state index is 12.4. The van der Waals surface area contributed by atoms with E-state index in [0.717, 1.165) is 7.11 Å². The van der Waals surface area contributed by atoms with E-state index in [1.165, 1.54) is 13.4 Å². The first kappa shape index (κ1) is 13.1. The molecular weight excluding hydrogens is 225 g/mol. The van der Waals surface area contributed by atoms with Gasteiger partial charge in [0, 0.05) is 20.6 Å². The Morgan fingerprint density at radius 1 is 1.31 bits per heavy atom. The van der Waals surface area contributed by atoms with Crippen LogP contribution < -0.4 is 0 Å². The zero-order valence-corrected chi connectivity index (χ0v) is 8.95. The fourth-order valence-electron chi connectivity index (χ4n) is 1.36. The number of rotatable bonds is 5. The first-order valence-corrected chi connectivity index (χ1v) is 4.64. The molecular formula is C10H13F3O3. The first-order chi connectivity index (χ1) is 7.49. The predicted molar refractivity (Wildman–Crippen MR) is 49.9 cm³/mol. The minimum atomic E-state index is -4.40. The lowest BCUT2D eigenvalue weighted by molar-refractivity contribution is -0.221. The van der Waals surface area contributed by atoms with Gasteiger partial charge in [0.1, 0.15) is 11.9 Å². The molecule has 0 fully saturated rings. The molecule has 3 nitrogen and oxygen atoms in total. The molecule has 1 heterocycles. The molecule has 0 amide bonds. The van der Waals surface area contributed by atoms with Crippen LogP contribution in [0.3, 0.4) is 0 Å². The highest BCUT2D eigenvalue weighted by molar-refractivity contribution is 5.03.